The number of benzene rings is 2. The van der Waals surface area contributed by atoms with Gasteiger partial charge < -0.3 is 14.7 Å². The molecule has 3 atom stereocenters. The fourth-order valence-corrected chi connectivity index (χ4v) is 4.93. The molecule has 1 aromatic heterocycles. The fourth-order valence-electron chi connectivity index (χ4n) is 4.27. The molecule has 178 valence electrons. The lowest BCUT2D eigenvalue weighted by molar-refractivity contribution is -0.275. The Hall–Kier alpha value is -3.17. The van der Waals surface area contributed by atoms with Crippen molar-refractivity contribution in [3.05, 3.63) is 70.9 Å². The predicted octanol–water partition coefficient (Wildman–Crippen LogP) is 5.60. The van der Waals surface area contributed by atoms with Gasteiger partial charge in [0.25, 0.3) is 5.91 Å². The number of carbonyl (C=O) groups is 2. The molecule has 1 amide bonds. The minimum atomic E-state index is -4.97. The third kappa shape index (κ3) is 4.58. The van der Waals surface area contributed by atoms with E-state index < -0.39 is 47.8 Å². The van der Waals surface area contributed by atoms with Crippen molar-refractivity contribution in [2.24, 2.45) is 11.8 Å². The summed E-state index contributed by atoms with van der Waals surface area (Å²) in [4.78, 5) is 27.5. The van der Waals surface area contributed by atoms with E-state index in [9.17, 15) is 27.9 Å². The maximum atomic E-state index is 13.2. The number of thiophene rings is 1. The maximum absolute atomic E-state index is 13.2. The van der Waals surface area contributed by atoms with E-state index in [-0.39, 0.29) is 5.56 Å². The van der Waals surface area contributed by atoms with Crippen LogP contribution < -0.4 is 9.64 Å². The zero-order valence-corrected chi connectivity index (χ0v) is 19.1. The molecular formula is C25H22F3NO4S. The normalized spacial score (nSPS) is 20.7. The van der Waals surface area contributed by atoms with Crippen molar-refractivity contribution in [3.63, 3.8) is 0 Å². The Bertz CT molecular complexity index is 1180. The summed E-state index contributed by atoms with van der Waals surface area (Å²) in [6.45, 7) is 3.24. The van der Waals surface area contributed by atoms with E-state index >= 15 is 0 Å². The van der Waals surface area contributed by atoms with Crippen LogP contribution in [0.3, 0.4) is 0 Å². The number of aliphatic hydroxyl groups excluding tert-OH is 1. The van der Waals surface area contributed by atoms with Gasteiger partial charge in [-0.1, -0.05) is 44.2 Å². The molecule has 0 saturated carbocycles. The molecule has 2 aromatic carbocycles. The quantitative estimate of drug-likeness (QED) is 0.489. The number of ketones is 1. The van der Waals surface area contributed by atoms with E-state index in [0.717, 1.165) is 17.2 Å². The Morgan fingerprint density at radius 1 is 1.06 bits per heavy atom. The van der Waals surface area contributed by atoms with Gasteiger partial charge in [0.2, 0.25) is 0 Å². The summed E-state index contributed by atoms with van der Waals surface area (Å²) in [5.41, 5.74) is 2.22. The molecule has 1 aliphatic heterocycles. The van der Waals surface area contributed by atoms with E-state index in [2.05, 4.69) is 4.74 Å². The Morgan fingerprint density at radius 2 is 1.74 bits per heavy atom. The van der Waals surface area contributed by atoms with E-state index in [0.29, 0.717) is 5.69 Å². The average Bonchev–Trinajstić information content (AvgIpc) is 3.40. The molecule has 0 spiro atoms. The molecule has 1 N–H and O–H groups in total. The first-order chi connectivity index (χ1) is 16.1. The van der Waals surface area contributed by atoms with Gasteiger partial charge in [-0.25, -0.2) is 0 Å². The number of alkyl halides is 3. The maximum Gasteiger partial charge on any atom is 0.573 e. The van der Waals surface area contributed by atoms with E-state index in [4.69, 9.17) is 0 Å². The Kier molecular flexibility index (Phi) is 6.51. The second kappa shape index (κ2) is 9.23. The first-order valence-corrected chi connectivity index (χ1v) is 11.5. The van der Waals surface area contributed by atoms with Gasteiger partial charge in [-0.2, -0.15) is 11.3 Å². The standard InChI is InChI=1S/C25H22F3NO4S/c1-14(2)22(30)20-21(18-5-3-4-6-19(18)33-25(26,27)28)29(24(32)23(20)31)17-9-7-15(8-10-17)16-11-12-34-13-16/h3-14,20-21,23,31H,1-2H3. The third-order valence-corrected chi connectivity index (χ3v) is 6.49. The molecular weight excluding hydrogens is 467 g/mol. The van der Waals surface area contributed by atoms with Gasteiger partial charge in [0.1, 0.15) is 17.6 Å². The molecule has 0 aliphatic carbocycles. The molecule has 1 fully saturated rings. The number of anilines is 1. The van der Waals surface area contributed by atoms with Crippen LogP contribution in [0.1, 0.15) is 25.5 Å². The van der Waals surface area contributed by atoms with Crippen LogP contribution in [-0.2, 0) is 9.59 Å². The Morgan fingerprint density at radius 3 is 2.32 bits per heavy atom. The topological polar surface area (TPSA) is 66.8 Å². The fraction of sp³-hybridized carbons (Fsp3) is 0.280. The zero-order chi connectivity index (χ0) is 24.6. The van der Waals surface area contributed by atoms with Crippen LogP contribution >= 0.6 is 11.3 Å². The lowest BCUT2D eigenvalue weighted by Gasteiger charge is -2.30. The molecule has 1 aliphatic rings. The molecule has 3 unspecified atom stereocenters. The van der Waals surface area contributed by atoms with Crippen molar-refractivity contribution in [2.45, 2.75) is 32.4 Å². The molecule has 4 rings (SSSR count). The van der Waals surface area contributed by atoms with Crippen LogP contribution in [0.25, 0.3) is 11.1 Å². The first kappa shape index (κ1) is 24.0. The number of aliphatic hydroxyl groups is 1. The van der Waals surface area contributed by atoms with Gasteiger partial charge in [-0.15, -0.1) is 13.2 Å². The van der Waals surface area contributed by atoms with Crippen LogP contribution in [0, 0.1) is 11.8 Å². The summed E-state index contributed by atoms with van der Waals surface area (Å²) in [5, 5.41) is 14.7. The van der Waals surface area contributed by atoms with Crippen LogP contribution in [0.4, 0.5) is 18.9 Å². The monoisotopic (exact) mass is 489 g/mol. The van der Waals surface area contributed by atoms with Crippen LogP contribution in [0.5, 0.6) is 5.75 Å². The summed E-state index contributed by atoms with van der Waals surface area (Å²) in [6.07, 6.45) is -6.67. The summed E-state index contributed by atoms with van der Waals surface area (Å²) in [6, 6.07) is 13.0. The SMILES string of the molecule is CC(C)C(=O)C1C(O)C(=O)N(c2ccc(-c3ccsc3)cc2)C1c1ccccc1OC(F)(F)F. The minimum absolute atomic E-state index is 0.00867. The molecule has 5 nitrogen and oxygen atoms in total. The second-order valence-electron chi connectivity index (χ2n) is 8.33. The van der Waals surface area contributed by atoms with Crippen LogP contribution in [0.2, 0.25) is 0 Å². The van der Waals surface area contributed by atoms with Gasteiger partial charge in [-0.3, -0.25) is 9.59 Å². The van der Waals surface area contributed by atoms with Gasteiger partial charge >= 0.3 is 6.36 Å². The van der Waals surface area contributed by atoms with Gasteiger partial charge in [0.05, 0.1) is 12.0 Å². The van der Waals surface area contributed by atoms with Crippen molar-refractivity contribution >= 4 is 28.7 Å². The molecule has 0 radical (unpaired) electrons. The number of Topliss-reactive ketones (excluding diaryl/α,β-unsaturated/α-hetero) is 1. The third-order valence-electron chi connectivity index (χ3n) is 5.81. The number of carbonyl (C=O) groups excluding carboxylic acids is 2. The van der Waals surface area contributed by atoms with E-state index in [1.165, 1.54) is 34.4 Å². The Labute approximate surface area is 198 Å². The van der Waals surface area contributed by atoms with Crippen molar-refractivity contribution in [1.29, 1.82) is 0 Å². The van der Waals surface area contributed by atoms with Gasteiger partial charge in [-0.05, 0) is 46.2 Å². The van der Waals surface area contributed by atoms with Crippen LogP contribution in [0.15, 0.2) is 65.4 Å². The summed E-state index contributed by atoms with van der Waals surface area (Å²) in [7, 11) is 0. The highest BCUT2D eigenvalue weighted by molar-refractivity contribution is 7.08. The van der Waals surface area contributed by atoms with Gasteiger partial charge in [0, 0.05) is 17.2 Å². The zero-order valence-electron chi connectivity index (χ0n) is 18.3. The molecule has 0 bridgehead atoms. The second-order valence-corrected chi connectivity index (χ2v) is 9.11. The largest absolute Gasteiger partial charge is 0.573 e. The molecule has 34 heavy (non-hydrogen) atoms. The summed E-state index contributed by atoms with van der Waals surface area (Å²) in [5.74, 6) is -3.52. The molecule has 2 heterocycles. The molecule has 9 heteroatoms. The number of nitrogens with zero attached hydrogens (tertiary/aromatic N) is 1. The highest BCUT2D eigenvalue weighted by Gasteiger charge is 2.53. The molecule has 1 saturated heterocycles. The number of amides is 1. The number of hydrogen-bond donors (Lipinski definition) is 1. The van der Waals surface area contributed by atoms with Crippen LogP contribution in [-0.4, -0.2) is 29.3 Å². The predicted molar refractivity (Wildman–Crippen MR) is 122 cm³/mol. The van der Waals surface area contributed by atoms with Gasteiger partial charge in [0.15, 0.2) is 0 Å². The first-order valence-electron chi connectivity index (χ1n) is 10.6. The minimum Gasteiger partial charge on any atom is -0.405 e. The lowest BCUT2D eigenvalue weighted by Crippen LogP contribution is -2.33. The number of rotatable bonds is 6. The van der Waals surface area contributed by atoms with Crippen molar-refractivity contribution < 1.29 is 32.6 Å². The Balaban J connectivity index is 1.83. The average molecular weight is 490 g/mol. The number of halogens is 3. The molecule has 3 aromatic rings. The van der Waals surface area contributed by atoms with Crippen molar-refractivity contribution in [2.75, 3.05) is 4.90 Å². The summed E-state index contributed by atoms with van der Waals surface area (Å²) < 4.78 is 43.6. The highest BCUT2D eigenvalue weighted by atomic mass is 32.1. The van der Waals surface area contributed by atoms with E-state index in [1.807, 2.05) is 16.8 Å². The van der Waals surface area contributed by atoms with E-state index in [1.54, 1.807) is 38.1 Å². The van der Waals surface area contributed by atoms with Crippen molar-refractivity contribution in [1.82, 2.24) is 0 Å². The summed E-state index contributed by atoms with van der Waals surface area (Å²) >= 11 is 1.53. The highest BCUT2D eigenvalue weighted by Crippen LogP contribution is 2.46. The van der Waals surface area contributed by atoms with Crippen molar-refractivity contribution in [3.8, 4) is 16.9 Å². The number of para-hydroxylation sites is 1. The lowest BCUT2D eigenvalue weighted by atomic mass is 9.84. The number of hydrogen-bond acceptors (Lipinski definition) is 5. The smallest absolute Gasteiger partial charge is 0.405 e. The number of ether oxygens (including phenoxy) is 1.